The molecule has 1 aromatic heterocycles. The van der Waals surface area contributed by atoms with Gasteiger partial charge in [0.05, 0.1) is 16.3 Å². The highest BCUT2D eigenvalue weighted by atomic mass is 35.5. The number of benzene rings is 1. The SMILES string of the molecule is Cc1noc(C)c1C(=O)Nc1ccc(C(=O)NC2CCC(N)CC2)c(Cl)c1. The molecule has 0 spiro atoms. The Bertz CT molecular complexity index is 837. The third-order valence-electron chi connectivity index (χ3n) is 4.84. The number of aryl methyl sites for hydroxylation is 2. The Hall–Kier alpha value is -2.38. The highest BCUT2D eigenvalue weighted by Crippen LogP contribution is 2.24. The number of aromatic nitrogens is 1. The second-order valence-electron chi connectivity index (χ2n) is 6.93. The van der Waals surface area contributed by atoms with Crippen molar-refractivity contribution in [2.75, 3.05) is 5.32 Å². The van der Waals surface area contributed by atoms with Gasteiger partial charge in [-0.25, -0.2) is 0 Å². The first-order valence-corrected chi connectivity index (χ1v) is 9.33. The summed E-state index contributed by atoms with van der Waals surface area (Å²) < 4.78 is 5.01. The Morgan fingerprint density at radius 1 is 1.19 bits per heavy atom. The van der Waals surface area contributed by atoms with E-state index in [0.29, 0.717) is 28.3 Å². The molecule has 0 aliphatic heterocycles. The quantitative estimate of drug-likeness (QED) is 0.742. The summed E-state index contributed by atoms with van der Waals surface area (Å²) in [6, 6.07) is 5.15. The fraction of sp³-hybridized carbons (Fsp3) is 0.421. The zero-order valence-corrected chi connectivity index (χ0v) is 16.1. The molecule has 4 N–H and O–H groups in total. The molecule has 2 aromatic rings. The minimum Gasteiger partial charge on any atom is -0.361 e. The molecule has 0 bridgehead atoms. The smallest absolute Gasteiger partial charge is 0.261 e. The van der Waals surface area contributed by atoms with Crippen LogP contribution in [0.2, 0.25) is 5.02 Å². The Morgan fingerprint density at radius 2 is 1.89 bits per heavy atom. The van der Waals surface area contributed by atoms with Gasteiger partial charge in [0.1, 0.15) is 11.3 Å². The minimum absolute atomic E-state index is 0.118. The number of hydrogen-bond donors (Lipinski definition) is 3. The normalized spacial score (nSPS) is 19.6. The summed E-state index contributed by atoms with van der Waals surface area (Å²) in [6.07, 6.45) is 3.56. The molecule has 3 rings (SSSR count). The highest BCUT2D eigenvalue weighted by Gasteiger charge is 2.22. The number of nitrogens with zero attached hydrogens (tertiary/aromatic N) is 1. The van der Waals surface area contributed by atoms with Crippen molar-refractivity contribution >= 4 is 29.1 Å². The van der Waals surface area contributed by atoms with Crippen molar-refractivity contribution in [3.05, 3.63) is 45.8 Å². The van der Waals surface area contributed by atoms with Crippen molar-refractivity contribution in [3.8, 4) is 0 Å². The van der Waals surface area contributed by atoms with Crippen LogP contribution in [0.4, 0.5) is 5.69 Å². The molecule has 8 heteroatoms. The van der Waals surface area contributed by atoms with Gasteiger partial charge in [0.2, 0.25) is 0 Å². The van der Waals surface area contributed by atoms with E-state index in [1.165, 1.54) is 0 Å². The standard InChI is InChI=1S/C19H23ClN4O3/c1-10-17(11(2)27-24-10)19(26)23-14-7-8-15(16(20)9-14)18(25)22-13-5-3-12(21)4-6-13/h7-9,12-13H,3-6,21H2,1-2H3,(H,22,25)(H,23,26). The van der Waals surface area contributed by atoms with Gasteiger partial charge in [-0.2, -0.15) is 0 Å². The number of nitrogens with two attached hydrogens (primary N) is 1. The molecule has 27 heavy (non-hydrogen) atoms. The van der Waals surface area contributed by atoms with Gasteiger partial charge in [0.15, 0.2) is 0 Å². The molecule has 0 saturated heterocycles. The molecule has 1 fully saturated rings. The molecule has 0 unspecified atom stereocenters. The maximum Gasteiger partial charge on any atom is 0.261 e. The third kappa shape index (κ3) is 4.48. The number of rotatable bonds is 4. The fourth-order valence-electron chi connectivity index (χ4n) is 3.30. The minimum atomic E-state index is -0.335. The largest absolute Gasteiger partial charge is 0.361 e. The summed E-state index contributed by atoms with van der Waals surface area (Å²) in [7, 11) is 0. The lowest BCUT2D eigenvalue weighted by atomic mass is 9.91. The second kappa shape index (κ2) is 8.10. The topological polar surface area (TPSA) is 110 Å². The molecule has 0 radical (unpaired) electrons. The van der Waals surface area contributed by atoms with E-state index >= 15 is 0 Å². The van der Waals surface area contributed by atoms with Crippen molar-refractivity contribution < 1.29 is 14.1 Å². The lowest BCUT2D eigenvalue weighted by molar-refractivity contribution is 0.0925. The van der Waals surface area contributed by atoms with Gasteiger partial charge in [-0.05, 0) is 57.7 Å². The Balaban J connectivity index is 1.66. The lowest BCUT2D eigenvalue weighted by Gasteiger charge is -2.27. The van der Waals surface area contributed by atoms with Gasteiger partial charge in [-0.1, -0.05) is 16.8 Å². The predicted molar refractivity (Wildman–Crippen MR) is 103 cm³/mol. The van der Waals surface area contributed by atoms with Gasteiger partial charge in [0.25, 0.3) is 11.8 Å². The van der Waals surface area contributed by atoms with Gasteiger partial charge in [-0.3, -0.25) is 9.59 Å². The molecule has 0 atom stereocenters. The zero-order valence-electron chi connectivity index (χ0n) is 15.3. The van der Waals surface area contributed by atoms with Gasteiger partial charge < -0.3 is 20.9 Å². The zero-order chi connectivity index (χ0) is 19.6. The number of nitrogens with one attached hydrogen (secondary N) is 2. The second-order valence-corrected chi connectivity index (χ2v) is 7.34. The molecular formula is C19H23ClN4O3. The number of amides is 2. The number of halogens is 1. The molecule has 1 heterocycles. The maximum absolute atomic E-state index is 12.5. The van der Waals surface area contributed by atoms with Crippen LogP contribution in [0.15, 0.2) is 22.7 Å². The summed E-state index contributed by atoms with van der Waals surface area (Å²) in [6.45, 7) is 3.37. The average Bonchev–Trinajstić information content (AvgIpc) is 2.95. The van der Waals surface area contributed by atoms with Crippen LogP contribution in [0.5, 0.6) is 0 Å². The van der Waals surface area contributed by atoms with E-state index < -0.39 is 0 Å². The van der Waals surface area contributed by atoms with Crippen LogP contribution in [0, 0.1) is 13.8 Å². The molecule has 1 aliphatic carbocycles. The van der Waals surface area contributed by atoms with E-state index in [1.54, 1.807) is 32.0 Å². The van der Waals surface area contributed by atoms with Crippen LogP contribution >= 0.6 is 11.6 Å². The first-order chi connectivity index (χ1) is 12.8. The van der Waals surface area contributed by atoms with Crippen LogP contribution in [0.3, 0.4) is 0 Å². The summed E-state index contributed by atoms with van der Waals surface area (Å²) in [4.78, 5) is 24.9. The van der Waals surface area contributed by atoms with Crippen LogP contribution < -0.4 is 16.4 Å². The number of carbonyl (C=O) groups excluding carboxylic acids is 2. The van der Waals surface area contributed by atoms with Gasteiger partial charge in [0, 0.05) is 17.8 Å². The van der Waals surface area contributed by atoms with Crippen molar-refractivity contribution in [1.82, 2.24) is 10.5 Å². The van der Waals surface area contributed by atoms with E-state index in [9.17, 15) is 9.59 Å². The molecule has 2 amide bonds. The Morgan fingerprint density at radius 3 is 2.48 bits per heavy atom. The fourth-order valence-corrected chi connectivity index (χ4v) is 3.57. The Labute approximate surface area is 162 Å². The van der Waals surface area contributed by atoms with E-state index in [2.05, 4.69) is 15.8 Å². The van der Waals surface area contributed by atoms with E-state index in [1.807, 2.05) is 0 Å². The molecule has 1 aliphatic rings. The van der Waals surface area contributed by atoms with E-state index in [4.69, 9.17) is 21.9 Å². The van der Waals surface area contributed by atoms with E-state index in [-0.39, 0.29) is 28.9 Å². The number of hydrogen-bond acceptors (Lipinski definition) is 5. The molecule has 7 nitrogen and oxygen atoms in total. The number of carbonyl (C=O) groups is 2. The molecule has 1 saturated carbocycles. The summed E-state index contributed by atoms with van der Waals surface area (Å²) in [5.74, 6) is -0.110. The summed E-state index contributed by atoms with van der Waals surface area (Å²) >= 11 is 6.27. The monoisotopic (exact) mass is 390 g/mol. The first-order valence-electron chi connectivity index (χ1n) is 8.95. The van der Waals surface area contributed by atoms with Crippen molar-refractivity contribution in [2.45, 2.75) is 51.6 Å². The third-order valence-corrected chi connectivity index (χ3v) is 5.15. The van der Waals surface area contributed by atoms with Gasteiger partial charge in [-0.15, -0.1) is 0 Å². The maximum atomic E-state index is 12.5. The highest BCUT2D eigenvalue weighted by molar-refractivity contribution is 6.34. The van der Waals surface area contributed by atoms with Crippen molar-refractivity contribution in [3.63, 3.8) is 0 Å². The van der Waals surface area contributed by atoms with Crippen LogP contribution in [-0.4, -0.2) is 29.1 Å². The molecular weight excluding hydrogens is 368 g/mol. The summed E-state index contributed by atoms with van der Waals surface area (Å²) in [5.41, 5.74) is 7.67. The van der Waals surface area contributed by atoms with Crippen LogP contribution in [0.1, 0.15) is 57.9 Å². The van der Waals surface area contributed by atoms with Crippen molar-refractivity contribution in [2.24, 2.45) is 5.73 Å². The average molecular weight is 391 g/mol. The first kappa shape index (κ1) is 19.4. The van der Waals surface area contributed by atoms with Crippen molar-refractivity contribution in [1.29, 1.82) is 0 Å². The number of anilines is 1. The molecule has 1 aromatic carbocycles. The van der Waals surface area contributed by atoms with Crippen LogP contribution in [0.25, 0.3) is 0 Å². The Kier molecular flexibility index (Phi) is 5.82. The lowest BCUT2D eigenvalue weighted by Crippen LogP contribution is -2.40. The van der Waals surface area contributed by atoms with Gasteiger partial charge >= 0.3 is 0 Å². The predicted octanol–water partition coefficient (Wildman–Crippen LogP) is 3.20. The van der Waals surface area contributed by atoms with E-state index in [0.717, 1.165) is 25.7 Å². The molecule has 144 valence electrons. The van der Waals surface area contributed by atoms with Crippen LogP contribution in [-0.2, 0) is 0 Å². The summed E-state index contributed by atoms with van der Waals surface area (Å²) in [5, 5.41) is 9.80.